The second-order valence-corrected chi connectivity index (χ2v) is 5.20. The lowest BCUT2D eigenvalue weighted by Crippen LogP contribution is -2.23. The van der Waals surface area contributed by atoms with Crippen LogP contribution in [0.5, 0.6) is 0 Å². The molecule has 0 spiro atoms. The molecule has 1 aromatic rings. The number of likely N-dealkylation sites (tertiary alicyclic amines) is 1. The Labute approximate surface area is 91.2 Å². The number of nitrogens with zero attached hydrogens (tertiary/aromatic N) is 1. The van der Waals surface area contributed by atoms with Crippen molar-refractivity contribution in [1.29, 1.82) is 0 Å². The first-order valence-corrected chi connectivity index (χ1v) is 5.58. The van der Waals surface area contributed by atoms with Crippen molar-refractivity contribution in [3.63, 3.8) is 0 Å². The van der Waals surface area contributed by atoms with E-state index in [4.69, 9.17) is 10.2 Å². The van der Waals surface area contributed by atoms with Crippen LogP contribution in [0, 0.1) is 5.41 Å². The fourth-order valence-corrected chi connectivity index (χ4v) is 2.25. The van der Waals surface area contributed by atoms with Crippen LogP contribution in [0.1, 0.15) is 31.6 Å². The van der Waals surface area contributed by atoms with Gasteiger partial charge in [-0.3, -0.25) is 4.90 Å². The van der Waals surface area contributed by atoms with Crippen molar-refractivity contribution in [3.05, 3.63) is 23.7 Å². The molecule has 2 N–H and O–H groups in total. The van der Waals surface area contributed by atoms with Gasteiger partial charge in [-0.25, -0.2) is 0 Å². The third-order valence-corrected chi connectivity index (χ3v) is 3.18. The van der Waals surface area contributed by atoms with Gasteiger partial charge in [0, 0.05) is 18.7 Å². The van der Waals surface area contributed by atoms with Gasteiger partial charge in [-0.1, -0.05) is 13.8 Å². The monoisotopic (exact) mass is 208 g/mol. The van der Waals surface area contributed by atoms with E-state index in [-0.39, 0.29) is 0 Å². The third kappa shape index (κ3) is 2.41. The Kier molecular flexibility index (Phi) is 2.85. The quantitative estimate of drug-likeness (QED) is 0.825. The molecule has 2 rings (SSSR count). The lowest BCUT2D eigenvalue weighted by atomic mass is 9.93. The summed E-state index contributed by atoms with van der Waals surface area (Å²) in [5.41, 5.74) is 7.24. The number of hydrogen-bond acceptors (Lipinski definition) is 3. The summed E-state index contributed by atoms with van der Waals surface area (Å²) < 4.78 is 5.46. The predicted octanol–water partition coefficient (Wildman–Crippen LogP) is 1.97. The molecule has 0 atom stereocenters. The predicted molar refractivity (Wildman–Crippen MR) is 60.3 cm³/mol. The lowest BCUT2D eigenvalue weighted by Gasteiger charge is -2.19. The van der Waals surface area contributed by atoms with Gasteiger partial charge < -0.3 is 10.2 Å². The van der Waals surface area contributed by atoms with Gasteiger partial charge in [-0.15, -0.1) is 0 Å². The summed E-state index contributed by atoms with van der Waals surface area (Å²) in [6, 6.07) is 1.97. The van der Waals surface area contributed by atoms with Gasteiger partial charge in [0.2, 0.25) is 0 Å². The molecule has 84 valence electrons. The second kappa shape index (κ2) is 3.99. The molecule has 1 aromatic heterocycles. The fraction of sp³-hybridized carbons (Fsp3) is 0.667. The van der Waals surface area contributed by atoms with E-state index in [1.165, 1.54) is 6.42 Å². The molecule has 0 unspecified atom stereocenters. The van der Waals surface area contributed by atoms with Crippen LogP contribution in [0.4, 0.5) is 0 Å². The van der Waals surface area contributed by atoms with E-state index in [1.807, 2.05) is 6.07 Å². The minimum absolute atomic E-state index is 0.454. The van der Waals surface area contributed by atoms with E-state index < -0.39 is 0 Å². The van der Waals surface area contributed by atoms with Gasteiger partial charge in [0.05, 0.1) is 12.8 Å². The maximum atomic E-state index is 5.64. The molecule has 0 amide bonds. The summed E-state index contributed by atoms with van der Waals surface area (Å²) in [6.07, 6.45) is 3.00. The molecule has 1 saturated heterocycles. The number of hydrogen-bond donors (Lipinski definition) is 1. The SMILES string of the molecule is CC1(C)CCN(Cc2occc2CN)C1. The molecule has 0 radical (unpaired) electrons. The molecule has 0 saturated carbocycles. The molecule has 3 heteroatoms. The second-order valence-electron chi connectivity index (χ2n) is 5.20. The van der Waals surface area contributed by atoms with E-state index in [2.05, 4.69) is 18.7 Å². The molecular weight excluding hydrogens is 188 g/mol. The van der Waals surface area contributed by atoms with Crippen molar-refractivity contribution in [1.82, 2.24) is 4.90 Å². The Balaban J connectivity index is 1.98. The fourth-order valence-electron chi connectivity index (χ4n) is 2.25. The van der Waals surface area contributed by atoms with Gasteiger partial charge in [0.25, 0.3) is 0 Å². The molecule has 1 fully saturated rings. The average Bonchev–Trinajstić information content (AvgIpc) is 2.73. The molecule has 0 aliphatic carbocycles. The van der Waals surface area contributed by atoms with Gasteiger partial charge in [0.15, 0.2) is 0 Å². The van der Waals surface area contributed by atoms with Crippen LogP contribution in [0.2, 0.25) is 0 Å². The van der Waals surface area contributed by atoms with E-state index >= 15 is 0 Å². The smallest absolute Gasteiger partial charge is 0.122 e. The van der Waals surface area contributed by atoms with Crippen molar-refractivity contribution in [2.45, 2.75) is 33.4 Å². The first-order chi connectivity index (χ1) is 7.11. The van der Waals surface area contributed by atoms with Gasteiger partial charge in [-0.2, -0.15) is 0 Å². The van der Waals surface area contributed by atoms with E-state index in [0.717, 1.165) is 31.0 Å². The average molecular weight is 208 g/mol. The highest BCUT2D eigenvalue weighted by Gasteiger charge is 2.29. The number of furan rings is 1. The number of rotatable bonds is 3. The molecule has 15 heavy (non-hydrogen) atoms. The molecule has 1 aliphatic rings. The van der Waals surface area contributed by atoms with E-state index in [9.17, 15) is 0 Å². The molecular formula is C12H20N2O. The standard InChI is InChI=1S/C12H20N2O/c1-12(2)4-5-14(9-12)8-11-10(7-13)3-6-15-11/h3,6H,4-5,7-9,13H2,1-2H3. The minimum atomic E-state index is 0.454. The minimum Gasteiger partial charge on any atom is -0.468 e. The summed E-state index contributed by atoms with van der Waals surface area (Å²) in [7, 11) is 0. The van der Waals surface area contributed by atoms with Gasteiger partial charge in [-0.05, 0) is 24.4 Å². The van der Waals surface area contributed by atoms with Crippen LogP contribution >= 0.6 is 0 Å². The van der Waals surface area contributed by atoms with Crippen molar-refractivity contribution in [2.24, 2.45) is 11.1 Å². The molecule has 2 heterocycles. The molecule has 3 nitrogen and oxygen atoms in total. The largest absolute Gasteiger partial charge is 0.468 e. The molecule has 0 bridgehead atoms. The topological polar surface area (TPSA) is 42.4 Å². The summed E-state index contributed by atoms with van der Waals surface area (Å²) in [6.45, 7) is 8.43. The Hall–Kier alpha value is -0.800. The summed E-state index contributed by atoms with van der Waals surface area (Å²) >= 11 is 0. The van der Waals surface area contributed by atoms with E-state index in [0.29, 0.717) is 12.0 Å². The maximum Gasteiger partial charge on any atom is 0.122 e. The van der Waals surface area contributed by atoms with Crippen LogP contribution in [0.3, 0.4) is 0 Å². The van der Waals surface area contributed by atoms with E-state index in [1.54, 1.807) is 6.26 Å². The number of nitrogens with two attached hydrogens (primary N) is 1. The Morgan fingerprint density at radius 2 is 2.33 bits per heavy atom. The summed E-state index contributed by atoms with van der Waals surface area (Å²) in [5, 5.41) is 0. The Morgan fingerprint density at radius 1 is 1.53 bits per heavy atom. The Morgan fingerprint density at radius 3 is 2.93 bits per heavy atom. The molecule has 0 aromatic carbocycles. The van der Waals surface area contributed by atoms with Crippen LogP contribution in [0.15, 0.2) is 16.7 Å². The zero-order chi connectivity index (χ0) is 10.9. The van der Waals surface area contributed by atoms with Gasteiger partial charge in [0.1, 0.15) is 5.76 Å². The van der Waals surface area contributed by atoms with Crippen LogP contribution in [-0.2, 0) is 13.1 Å². The van der Waals surface area contributed by atoms with Crippen LogP contribution in [-0.4, -0.2) is 18.0 Å². The van der Waals surface area contributed by atoms with Gasteiger partial charge >= 0.3 is 0 Å². The van der Waals surface area contributed by atoms with Crippen LogP contribution in [0.25, 0.3) is 0 Å². The van der Waals surface area contributed by atoms with Crippen LogP contribution < -0.4 is 5.73 Å². The lowest BCUT2D eigenvalue weighted by molar-refractivity contribution is 0.262. The first-order valence-electron chi connectivity index (χ1n) is 5.58. The van der Waals surface area contributed by atoms with Crippen molar-refractivity contribution >= 4 is 0 Å². The van der Waals surface area contributed by atoms with Crippen molar-refractivity contribution in [2.75, 3.05) is 13.1 Å². The normalized spacial score (nSPS) is 21.0. The first kappa shape index (κ1) is 10.7. The molecule has 1 aliphatic heterocycles. The zero-order valence-corrected chi connectivity index (χ0v) is 9.62. The highest BCUT2D eigenvalue weighted by Crippen LogP contribution is 2.30. The zero-order valence-electron chi connectivity index (χ0n) is 9.62. The summed E-state index contributed by atoms with van der Waals surface area (Å²) in [4.78, 5) is 2.44. The Bertz CT molecular complexity index is 330. The van der Waals surface area contributed by atoms with Crippen molar-refractivity contribution < 1.29 is 4.42 Å². The summed E-state index contributed by atoms with van der Waals surface area (Å²) in [5.74, 6) is 1.04. The maximum absolute atomic E-state index is 5.64. The highest BCUT2D eigenvalue weighted by atomic mass is 16.3. The van der Waals surface area contributed by atoms with Crippen molar-refractivity contribution in [3.8, 4) is 0 Å². The third-order valence-electron chi connectivity index (χ3n) is 3.18. The highest BCUT2D eigenvalue weighted by molar-refractivity contribution is 5.16.